The zero-order chi connectivity index (χ0) is 14.7. The van der Waals surface area contributed by atoms with Crippen molar-refractivity contribution in [1.82, 2.24) is 30.4 Å². The molecule has 2 aromatic heterocycles. The van der Waals surface area contributed by atoms with Crippen molar-refractivity contribution < 1.29 is 0 Å². The lowest BCUT2D eigenvalue weighted by molar-refractivity contribution is 0.546. The van der Waals surface area contributed by atoms with Crippen molar-refractivity contribution in [1.29, 1.82) is 0 Å². The second kappa shape index (κ2) is 5.50. The van der Waals surface area contributed by atoms with E-state index in [1.807, 2.05) is 38.7 Å². The minimum Gasteiger partial charge on any atom is -0.276 e. The van der Waals surface area contributed by atoms with E-state index in [9.17, 15) is 0 Å². The van der Waals surface area contributed by atoms with Gasteiger partial charge in [-0.1, -0.05) is 46.8 Å². The first-order valence-corrected chi connectivity index (χ1v) is 6.34. The van der Waals surface area contributed by atoms with Crippen molar-refractivity contribution in [2.24, 2.45) is 7.05 Å². The summed E-state index contributed by atoms with van der Waals surface area (Å²) in [6.45, 7) is 12.7. The molecule has 1 N–H and O–H groups in total. The highest BCUT2D eigenvalue weighted by atomic mass is 15.5. The van der Waals surface area contributed by atoms with Gasteiger partial charge in [0, 0.05) is 18.7 Å². The monoisotopic (exact) mass is 264 g/mol. The average molecular weight is 264 g/mol. The molecule has 0 aliphatic carbocycles. The molecule has 106 valence electrons. The lowest BCUT2D eigenvalue weighted by Crippen LogP contribution is -2.13. The van der Waals surface area contributed by atoms with Crippen LogP contribution in [0, 0.1) is 0 Å². The molecule has 2 rings (SSSR count). The van der Waals surface area contributed by atoms with Gasteiger partial charge < -0.3 is 0 Å². The molecule has 0 aromatic carbocycles. The van der Waals surface area contributed by atoms with Gasteiger partial charge in [0.15, 0.2) is 5.82 Å². The van der Waals surface area contributed by atoms with E-state index < -0.39 is 0 Å². The molecule has 0 aliphatic heterocycles. The van der Waals surface area contributed by atoms with Crippen LogP contribution in [0.1, 0.15) is 52.9 Å². The third-order valence-corrected chi connectivity index (χ3v) is 2.59. The molecule has 0 spiro atoms. The maximum Gasteiger partial charge on any atom is 0.179 e. The van der Waals surface area contributed by atoms with Crippen LogP contribution in [0.4, 0.5) is 0 Å². The molecular formula is C13H24N6. The molecule has 0 radical (unpaired) electrons. The summed E-state index contributed by atoms with van der Waals surface area (Å²) >= 11 is 0. The lowest BCUT2D eigenvalue weighted by atomic mass is 9.90. The zero-order valence-electron chi connectivity index (χ0n) is 12.9. The number of aromatic amines is 1. The van der Waals surface area contributed by atoms with Crippen molar-refractivity contribution >= 4 is 0 Å². The number of rotatable bonds is 0. The third-order valence-electron chi connectivity index (χ3n) is 2.59. The molecule has 0 fully saturated rings. The fourth-order valence-electron chi connectivity index (χ4n) is 1.29. The highest BCUT2D eigenvalue weighted by molar-refractivity contribution is 5.14. The molecule has 2 heterocycles. The van der Waals surface area contributed by atoms with Gasteiger partial charge in [-0.05, 0) is 11.0 Å². The van der Waals surface area contributed by atoms with Crippen LogP contribution in [-0.4, -0.2) is 30.4 Å². The van der Waals surface area contributed by atoms with Crippen LogP contribution in [0.5, 0.6) is 0 Å². The normalized spacial score (nSPS) is 11.9. The molecule has 2 aromatic rings. The van der Waals surface area contributed by atoms with Crippen molar-refractivity contribution in [3.63, 3.8) is 0 Å². The van der Waals surface area contributed by atoms with Gasteiger partial charge in [0.2, 0.25) is 0 Å². The number of nitrogens with zero attached hydrogens (tertiary/aromatic N) is 5. The minimum atomic E-state index is 0.00694. The van der Waals surface area contributed by atoms with E-state index in [0.29, 0.717) is 0 Å². The van der Waals surface area contributed by atoms with Crippen LogP contribution >= 0.6 is 0 Å². The highest BCUT2D eigenvalue weighted by Crippen LogP contribution is 2.20. The first-order valence-electron chi connectivity index (χ1n) is 6.34. The summed E-state index contributed by atoms with van der Waals surface area (Å²) in [5.74, 6) is 0.752. The Morgan fingerprint density at radius 3 is 1.89 bits per heavy atom. The molecule has 0 saturated heterocycles. The highest BCUT2D eigenvalue weighted by Gasteiger charge is 2.17. The van der Waals surface area contributed by atoms with Crippen LogP contribution in [0.25, 0.3) is 0 Å². The predicted octanol–water partition coefficient (Wildman–Crippen LogP) is 2.21. The number of nitrogens with one attached hydrogen (secondary N) is 1. The van der Waals surface area contributed by atoms with Gasteiger partial charge >= 0.3 is 0 Å². The molecular weight excluding hydrogens is 240 g/mol. The Morgan fingerprint density at radius 1 is 1.05 bits per heavy atom. The SMILES string of the molecule is CC(C)(C)c1nn[nH]n1.Cn1cc(C(C)(C)C)cn1. The Hall–Kier alpha value is -1.72. The first-order chi connectivity index (χ1) is 8.60. The molecule has 0 atom stereocenters. The van der Waals surface area contributed by atoms with Gasteiger partial charge in [0.05, 0.1) is 6.20 Å². The molecule has 6 nitrogen and oxygen atoms in total. The Labute approximate surface area is 114 Å². The van der Waals surface area contributed by atoms with Crippen LogP contribution in [0.3, 0.4) is 0 Å². The summed E-state index contributed by atoms with van der Waals surface area (Å²) in [7, 11) is 1.94. The predicted molar refractivity (Wildman–Crippen MR) is 74.8 cm³/mol. The Kier molecular flexibility index (Phi) is 4.44. The second-order valence-electron chi connectivity index (χ2n) is 6.64. The summed E-state index contributed by atoms with van der Waals surface area (Å²) in [6, 6.07) is 0. The van der Waals surface area contributed by atoms with Gasteiger partial charge in [-0.2, -0.15) is 10.3 Å². The maximum absolute atomic E-state index is 4.10. The molecule has 0 amide bonds. The average Bonchev–Trinajstić information content (AvgIpc) is 2.84. The van der Waals surface area contributed by atoms with Gasteiger partial charge in [0.25, 0.3) is 0 Å². The summed E-state index contributed by atoms with van der Waals surface area (Å²) in [6.07, 6.45) is 3.97. The minimum absolute atomic E-state index is 0.00694. The number of hydrogen-bond acceptors (Lipinski definition) is 4. The van der Waals surface area contributed by atoms with E-state index in [4.69, 9.17) is 0 Å². The summed E-state index contributed by atoms with van der Waals surface area (Å²) in [5.41, 5.74) is 1.52. The van der Waals surface area contributed by atoms with Crippen LogP contribution < -0.4 is 0 Å². The second-order valence-corrected chi connectivity index (χ2v) is 6.64. The Morgan fingerprint density at radius 2 is 1.68 bits per heavy atom. The van der Waals surface area contributed by atoms with Crippen molar-refractivity contribution in [3.05, 3.63) is 23.8 Å². The van der Waals surface area contributed by atoms with Gasteiger partial charge in [-0.15, -0.1) is 10.2 Å². The van der Waals surface area contributed by atoms with Gasteiger partial charge in [0.1, 0.15) is 0 Å². The third kappa shape index (κ3) is 4.81. The molecule has 0 unspecified atom stereocenters. The van der Waals surface area contributed by atoms with Gasteiger partial charge in [-0.25, -0.2) is 0 Å². The fraction of sp³-hybridized carbons (Fsp3) is 0.692. The van der Waals surface area contributed by atoms with E-state index in [1.165, 1.54) is 5.56 Å². The fourth-order valence-corrected chi connectivity index (χ4v) is 1.29. The number of hydrogen-bond donors (Lipinski definition) is 1. The number of H-pyrrole nitrogens is 1. The number of aryl methyl sites for hydroxylation is 1. The number of aromatic nitrogens is 6. The largest absolute Gasteiger partial charge is 0.276 e. The molecule has 0 aliphatic rings. The van der Waals surface area contributed by atoms with Crippen molar-refractivity contribution in [2.45, 2.75) is 52.4 Å². The van der Waals surface area contributed by atoms with Crippen LogP contribution in [-0.2, 0) is 17.9 Å². The quantitative estimate of drug-likeness (QED) is 0.792. The molecule has 0 bridgehead atoms. The first kappa shape index (κ1) is 15.3. The van der Waals surface area contributed by atoms with E-state index in [1.54, 1.807) is 0 Å². The Balaban J connectivity index is 0.000000191. The lowest BCUT2D eigenvalue weighted by Gasteiger charge is -2.14. The van der Waals surface area contributed by atoms with E-state index in [0.717, 1.165) is 5.82 Å². The van der Waals surface area contributed by atoms with E-state index in [2.05, 4.69) is 52.7 Å². The summed E-state index contributed by atoms with van der Waals surface area (Å²) < 4.78 is 1.83. The number of tetrazole rings is 1. The standard InChI is InChI=1S/C8H14N2.C5H10N4/c1-8(2,3)7-5-9-10(4)6-7;1-5(2,3)4-6-8-9-7-4/h5-6H,1-4H3;1-3H3,(H,6,7,8,9). The van der Waals surface area contributed by atoms with Crippen LogP contribution in [0.15, 0.2) is 12.4 Å². The summed E-state index contributed by atoms with van der Waals surface area (Å²) in [4.78, 5) is 0. The topological polar surface area (TPSA) is 72.3 Å². The smallest absolute Gasteiger partial charge is 0.179 e. The zero-order valence-corrected chi connectivity index (χ0v) is 12.9. The molecule has 6 heteroatoms. The maximum atomic E-state index is 4.10. The van der Waals surface area contributed by atoms with E-state index >= 15 is 0 Å². The Bertz CT molecular complexity index is 484. The molecule has 19 heavy (non-hydrogen) atoms. The van der Waals surface area contributed by atoms with E-state index in [-0.39, 0.29) is 10.8 Å². The summed E-state index contributed by atoms with van der Waals surface area (Å²) in [5, 5.41) is 17.6. The van der Waals surface area contributed by atoms with Crippen molar-refractivity contribution in [3.8, 4) is 0 Å². The van der Waals surface area contributed by atoms with Crippen LogP contribution in [0.2, 0.25) is 0 Å². The molecule has 0 saturated carbocycles. The van der Waals surface area contributed by atoms with Gasteiger partial charge in [-0.3, -0.25) is 4.68 Å². The van der Waals surface area contributed by atoms with Crippen molar-refractivity contribution in [2.75, 3.05) is 0 Å².